The minimum atomic E-state index is 0.240. The first-order chi connectivity index (χ1) is 7.77. The molecule has 0 bridgehead atoms. The minimum absolute atomic E-state index is 0.240. The van der Waals surface area contributed by atoms with Crippen molar-refractivity contribution >= 4 is 5.84 Å². The second kappa shape index (κ2) is 6.79. The van der Waals surface area contributed by atoms with Crippen molar-refractivity contribution in [2.45, 2.75) is 26.3 Å². The maximum Gasteiger partial charge on any atom is 0.140 e. The van der Waals surface area contributed by atoms with Crippen LogP contribution in [0.4, 0.5) is 0 Å². The van der Waals surface area contributed by atoms with Crippen molar-refractivity contribution in [2.75, 3.05) is 6.54 Å². The Balaban J connectivity index is 2.37. The SMILES string of the molecule is CCc1cccnc1CNCC/C(N)=N/O. The third-order valence-corrected chi connectivity index (χ3v) is 2.34. The molecule has 0 aromatic carbocycles. The molecule has 0 saturated carbocycles. The van der Waals surface area contributed by atoms with Gasteiger partial charge in [-0.2, -0.15) is 0 Å². The number of nitrogens with two attached hydrogens (primary N) is 1. The largest absolute Gasteiger partial charge is 0.409 e. The van der Waals surface area contributed by atoms with Crippen molar-refractivity contribution in [3.8, 4) is 0 Å². The summed E-state index contributed by atoms with van der Waals surface area (Å²) in [6, 6.07) is 4.02. The third kappa shape index (κ3) is 3.86. The second-order valence-electron chi connectivity index (χ2n) is 3.48. The van der Waals surface area contributed by atoms with Crippen molar-refractivity contribution in [3.05, 3.63) is 29.6 Å². The molecule has 5 heteroatoms. The first-order valence-electron chi connectivity index (χ1n) is 5.37. The fourth-order valence-electron chi connectivity index (χ4n) is 1.43. The van der Waals surface area contributed by atoms with Crippen LogP contribution < -0.4 is 11.1 Å². The predicted molar refractivity (Wildman–Crippen MR) is 63.3 cm³/mol. The molecule has 1 rings (SSSR count). The normalized spacial score (nSPS) is 11.7. The van der Waals surface area contributed by atoms with E-state index >= 15 is 0 Å². The Morgan fingerprint density at radius 1 is 1.62 bits per heavy atom. The van der Waals surface area contributed by atoms with E-state index in [-0.39, 0.29) is 5.84 Å². The van der Waals surface area contributed by atoms with Gasteiger partial charge in [-0.05, 0) is 18.1 Å². The van der Waals surface area contributed by atoms with Gasteiger partial charge in [-0.15, -0.1) is 0 Å². The number of oxime groups is 1. The summed E-state index contributed by atoms with van der Waals surface area (Å²) in [5, 5.41) is 14.5. The molecule has 0 radical (unpaired) electrons. The summed E-state index contributed by atoms with van der Waals surface area (Å²) in [6.45, 7) is 3.50. The topological polar surface area (TPSA) is 83.5 Å². The fourth-order valence-corrected chi connectivity index (χ4v) is 1.43. The lowest BCUT2D eigenvalue weighted by atomic mass is 10.1. The summed E-state index contributed by atoms with van der Waals surface area (Å²) in [7, 11) is 0. The molecule has 88 valence electrons. The molecule has 0 aliphatic heterocycles. The molecule has 0 aliphatic rings. The number of aromatic nitrogens is 1. The molecule has 0 atom stereocenters. The van der Waals surface area contributed by atoms with Gasteiger partial charge in [0.1, 0.15) is 5.84 Å². The highest BCUT2D eigenvalue weighted by Gasteiger charge is 2.00. The van der Waals surface area contributed by atoms with Crippen LogP contribution >= 0.6 is 0 Å². The minimum Gasteiger partial charge on any atom is -0.409 e. The van der Waals surface area contributed by atoms with Crippen LogP contribution in [0.3, 0.4) is 0 Å². The monoisotopic (exact) mass is 222 g/mol. The molecular weight excluding hydrogens is 204 g/mol. The van der Waals surface area contributed by atoms with E-state index in [9.17, 15) is 0 Å². The summed E-state index contributed by atoms with van der Waals surface area (Å²) in [6.07, 6.45) is 3.30. The van der Waals surface area contributed by atoms with Gasteiger partial charge in [-0.1, -0.05) is 18.1 Å². The van der Waals surface area contributed by atoms with Crippen molar-refractivity contribution in [1.29, 1.82) is 0 Å². The zero-order valence-corrected chi connectivity index (χ0v) is 9.48. The smallest absolute Gasteiger partial charge is 0.140 e. The average molecular weight is 222 g/mol. The fraction of sp³-hybridized carbons (Fsp3) is 0.455. The van der Waals surface area contributed by atoms with Gasteiger partial charge in [0.2, 0.25) is 0 Å². The molecule has 0 saturated heterocycles. The van der Waals surface area contributed by atoms with E-state index in [4.69, 9.17) is 10.9 Å². The van der Waals surface area contributed by atoms with Crippen molar-refractivity contribution in [2.24, 2.45) is 10.9 Å². The lowest BCUT2D eigenvalue weighted by molar-refractivity contribution is 0.316. The molecule has 16 heavy (non-hydrogen) atoms. The number of nitrogens with one attached hydrogen (secondary N) is 1. The van der Waals surface area contributed by atoms with Crippen molar-refractivity contribution in [3.63, 3.8) is 0 Å². The van der Waals surface area contributed by atoms with E-state index in [0.29, 0.717) is 19.5 Å². The highest BCUT2D eigenvalue weighted by atomic mass is 16.4. The number of hydrogen-bond donors (Lipinski definition) is 3. The van der Waals surface area contributed by atoms with Crippen LogP contribution in [0.25, 0.3) is 0 Å². The molecule has 0 aliphatic carbocycles. The Bertz CT molecular complexity index is 352. The Morgan fingerprint density at radius 3 is 3.12 bits per heavy atom. The lowest BCUT2D eigenvalue weighted by Gasteiger charge is -2.07. The zero-order valence-electron chi connectivity index (χ0n) is 9.48. The number of hydrogen-bond acceptors (Lipinski definition) is 4. The van der Waals surface area contributed by atoms with Gasteiger partial charge in [0.15, 0.2) is 0 Å². The number of nitrogens with zero attached hydrogens (tertiary/aromatic N) is 2. The molecule has 0 fully saturated rings. The predicted octanol–water partition coefficient (Wildman–Crippen LogP) is 0.870. The highest BCUT2D eigenvalue weighted by molar-refractivity contribution is 5.79. The Kier molecular flexibility index (Phi) is 5.28. The summed E-state index contributed by atoms with van der Waals surface area (Å²) in [5.41, 5.74) is 7.66. The standard InChI is InChI=1S/C11H18N4O/c1-2-9-4-3-6-14-10(9)8-13-7-5-11(12)15-16/h3-4,6,13,16H,2,5,7-8H2,1H3,(H2,12,15). The summed E-state index contributed by atoms with van der Waals surface area (Å²) in [5.74, 6) is 0.240. The van der Waals surface area contributed by atoms with Gasteiger partial charge in [-0.3, -0.25) is 4.98 Å². The van der Waals surface area contributed by atoms with E-state index < -0.39 is 0 Å². The maximum atomic E-state index is 8.36. The quantitative estimate of drug-likeness (QED) is 0.219. The molecular formula is C11H18N4O. The molecule has 5 nitrogen and oxygen atoms in total. The van der Waals surface area contributed by atoms with Crippen LogP contribution in [0, 0.1) is 0 Å². The molecule has 0 unspecified atom stereocenters. The van der Waals surface area contributed by atoms with Crippen LogP contribution in [-0.2, 0) is 13.0 Å². The van der Waals surface area contributed by atoms with Crippen LogP contribution in [0.1, 0.15) is 24.6 Å². The van der Waals surface area contributed by atoms with E-state index in [1.165, 1.54) is 5.56 Å². The number of amidine groups is 1. The maximum absolute atomic E-state index is 8.36. The highest BCUT2D eigenvalue weighted by Crippen LogP contribution is 2.05. The van der Waals surface area contributed by atoms with E-state index in [2.05, 4.69) is 28.4 Å². The van der Waals surface area contributed by atoms with Crippen LogP contribution in [0.5, 0.6) is 0 Å². The van der Waals surface area contributed by atoms with Gasteiger partial charge in [-0.25, -0.2) is 0 Å². The van der Waals surface area contributed by atoms with Gasteiger partial charge >= 0.3 is 0 Å². The Morgan fingerprint density at radius 2 is 2.44 bits per heavy atom. The molecule has 1 aromatic heterocycles. The number of pyridine rings is 1. The van der Waals surface area contributed by atoms with Gasteiger partial charge in [0.05, 0.1) is 5.69 Å². The van der Waals surface area contributed by atoms with Gasteiger partial charge < -0.3 is 16.3 Å². The average Bonchev–Trinajstić information content (AvgIpc) is 2.34. The van der Waals surface area contributed by atoms with Crippen molar-refractivity contribution < 1.29 is 5.21 Å². The van der Waals surface area contributed by atoms with E-state index in [0.717, 1.165) is 12.1 Å². The first kappa shape index (κ1) is 12.4. The van der Waals surface area contributed by atoms with Gasteiger partial charge in [0, 0.05) is 25.7 Å². The summed E-state index contributed by atoms with van der Waals surface area (Å²) >= 11 is 0. The van der Waals surface area contributed by atoms with Crippen LogP contribution in [0.2, 0.25) is 0 Å². The second-order valence-corrected chi connectivity index (χ2v) is 3.48. The third-order valence-electron chi connectivity index (χ3n) is 2.34. The molecule has 4 N–H and O–H groups in total. The van der Waals surface area contributed by atoms with E-state index in [1.807, 2.05) is 6.07 Å². The van der Waals surface area contributed by atoms with Crippen molar-refractivity contribution in [1.82, 2.24) is 10.3 Å². The summed E-state index contributed by atoms with van der Waals surface area (Å²) in [4.78, 5) is 4.31. The lowest BCUT2D eigenvalue weighted by Crippen LogP contribution is -2.22. The molecule has 1 heterocycles. The van der Waals surface area contributed by atoms with Gasteiger partial charge in [0.25, 0.3) is 0 Å². The zero-order chi connectivity index (χ0) is 11.8. The van der Waals surface area contributed by atoms with E-state index in [1.54, 1.807) is 6.20 Å². The van der Waals surface area contributed by atoms with Crippen LogP contribution in [-0.4, -0.2) is 22.6 Å². The Labute approximate surface area is 95.4 Å². The number of rotatable bonds is 6. The molecule has 0 spiro atoms. The Hall–Kier alpha value is -1.62. The molecule has 0 amide bonds. The number of aryl methyl sites for hydroxylation is 1. The summed E-state index contributed by atoms with van der Waals surface area (Å²) < 4.78 is 0. The first-order valence-corrected chi connectivity index (χ1v) is 5.37. The molecule has 1 aromatic rings. The van der Waals surface area contributed by atoms with Crippen LogP contribution in [0.15, 0.2) is 23.5 Å².